The second kappa shape index (κ2) is 12.1. The van der Waals surface area contributed by atoms with Crippen molar-refractivity contribution in [1.82, 2.24) is 19.1 Å². The van der Waals surface area contributed by atoms with Gasteiger partial charge in [0.15, 0.2) is 5.82 Å². The highest BCUT2D eigenvalue weighted by atomic mass is 15.0. The molecule has 0 bridgehead atoms. The molecule has 0 aliphatic rings. The summed E-state index contributed by atoms with van der Waals surface area (Å²) in [6.07, 6.45) is 0. The molecule has 0 saturated heterocycles. The highest BCUT2D eigenvalue weighted by Crippen LogP contribution is 2.37. The Balaban J connectivity index is 1.01. The summed E-state index contributed by atoms with van der Waals surface area (Å²) in [4.78, 5) is 10.0. The van der Waals surface area contributed by atoms with E-state index in [2.05, 4.69) is 179 Å². The highest BCUT2D eigenvalue weighted by Gasteiger charge is 2.16. The molecule has 0 radical (unpaired) electrons. The number of nitrogens with zero attached hydrogens (tertiary/aromatic N) is 4. The van der Waals surface area contributed by atoms with Crippen LogP contribution in [0.5, 0.6) is 0 Å². The summed E-state index contributed by atoms with van der Waals surface area (Å²) in [7, 11) is 0. The molecule has 4 nitrogen and oxygen atoms in total. The van der Waals surface area contributed by atoms with E-state index in [4.69, 9.17) is 9.97 Å². The highest BCUT2D eigenvalue weighted by molar-refractivity contribution is 6.11. The second-order valence-electron chi connectivity index (χ2n) is 13.8. The van der Waals surface area contributed by atoms with Crippen LogP contribution in [0.1, 0.15) is 0 Å². The first kappa shape index (κ1) is 30.3. The van der Waals surface area contributed by atoms with Gasteiger partial charge in [-0.3, -0.25) is 0 Å². The summed E-state index contributed by atoms with van der Waals surface area (Å²) in [6, 6.07) is 69.1. The van der Waals surface area contributed by atoms with Crippen LogP contribution < -0.4 is 0 Å². The minimum atomic E-state index is 0.728. The second-order valence-corrected chi connectivity index (χ2v) is 13.8. The van der Waals surface area contributed by atoms with Gasteiger partial charge in [-0.05, 0) is 65.7 Å². The maximum Gasteiger partial charge on any atom is 0.160 e. The maximum absolute atomic E-state index is 5.11. The number of aromatic nitrogens is 4. The van der Waals surface area contributed by atoms with Crippen molar-refractivity contribution in [2.24, 2.45) is 0 Å². The van der Waals surface area contributed by atoms with Crippen LogP contribution in [0.4, 0.5) is 0 Å². The van der Waals surface area contributed by atoms with E-state index in [0.29, 0.717) is 0 Å². The van der Waals surface area contributed by atoms with Crippen molar-refractivity contribution in [2.45, 2.75) is 0 Å². The molecule has 0 N–H and O–H groups in total. The van der Waals surface area contributed by atoms with Crippen LogP contribution in [0.3, 0.4) is 0 Å². The van der Waals surface area contributed by atoms with E-state index in [1.54, 1.807) is 0 Å². The van der Waals surface area contributed by atoms with Gasteiger partial charge in [-0.2, -0.15) is 0 Å². The predicted molar refractivity (Wildman–Crippen MR) is 225 cm³/mol. The van der Waals surface area contributed by atoms with E-state index in [9.17, 15) is 0 Å². The van der Waals surface area contributed by atoms with E-state index in [-0.39, 0.29) is 0 Å². The van der Waals surface area contributed by atoms with Crippen LogP contribution in [-0.2, 0) is 0 Å². The molecule has 0 aliphatic carbocycles. The van der Waals surface area contributed by atoms with Gasteiger partial charge < -0.3 is 9.13 Å². The van der Waals surface area contributed by atoms with Gasteiger partial charge in [-0.1, -0.05) is 140 Å². The Hall–Kier alpha value is -7.30. The zero-order valence-corrected chi connectivity index (χ0v) is 29.3. The summed E-state index contributed by atoms with van der Waals surface area (Å²) in [6.45, 7) is 0. The Labute approximate surface area is 311 Å². The van der Waals surface area contributed by atoms with Crippen molar-refractivity contribution in [1.29, 1.82) is 0 Å². The molecule has 8 aromatic carbocycles. The number of hydrogen-bond donors (Lipinski definition) is 0. The molecule has 54 heavy (non-hydrogen) atoms. The lowest BCUT2D eigenvalue weighted by atomic mass is 10.0. The summed E-state index contributed by atoms with van der Waals surface area (Å²) in [5, 5.41) is 6.04. The van der Waals surface area contributed by atoms with Crippen molar-refractivity contribution in [3.8, 4) is 45.1 Å². The molecule has 0 amide bonds. The molecule has 0 fully saturated rings. The van der Waals surface area contributed by atoms with Gasteiger partial charge >= 0.3 is 0 Å². The zero-order valence-electron chi connectivity index (χ0n) is 29.3. The van der Waals surface area contributed by atoms with Crippen LogP contribution >= 0.6 is 0 Å². The molecule has 252 valence electrons. The Morgan fingerprint density at radius 2 is 0.759 bits per heavy atom. The fourth-order valence-corrected chi connectivity index (χ4v) is 8.21. The van der Waals surface area contributed by atoms with Crippen molar-refractivity contribution in [2.75, 3.05) is 0 Å². The number of hydrogen-bond acceptors (Lipinski definition) is 2. The van der Waals surface area contributed by atoms with Gasteiger partial charge in [-0.25, -0.2) is 9.97 Å². The molecule has 4 heteroatoms. The van der Waals surface area contributed by atoms with Crippen molar-refractivity contribution >= 4 is 54.5 Å². The zero-order chi connectivity index (χ0) is 35.6. The largest absolute Gasteiger partial charge is 0.309 e. The smallest absolute Gasteiger partial charge is 0.160 e. The molecule has 3 heterocycles. The van der Waals surface area contributed by atoms with Gasteiger partial charge in [0, 0.05) is 49.4 Å². The third-order valence-corrected chi connectivity index (χ3v) is 10.7. The molecule has 0 unspecified atom stereocenters. The average molecular weight is 689 g/mol. The van der Waals surface area contributed by atoms with Crippen molar-refractivity contribution in [3.63, 3.8) is 0 Å². The number of para-hydroxylation sites is 4. The van der Waals surface area contributed by atoms with Crippen molar-refractivity contribution < 1.29 is 0 Å². The molecule has 0 atom stereocenters. The number of fused-ring (bicyclic) bond motifs is 7. The maximum atomic E-state index is 5.11. The monoisotopic (exact) mass is 688 g/mol. The Morgan fingerprint density at radius 3 is 1.37 bits per heavy atom. The van der Waals surface area contributed by atoms with Gasteiger partial charge in [-0.15, -0.1) is 0 Å². The number of rotatable bonds is 5. The quantitative estimate of drug-likeness (QED) is 0.180. The van der Waals surface area contributed by atoms with E-state index >= 15 is 0 Å². The van der Waals surface area contributed by atoms with Crippen LogP contribution in [0, 0.1) is 0 Å². The predicted octanol–water partition coefficient (Wildman–Crippen LogP) is 12.8. The lowest BCUT2D eigenvalue weighted by molar-refractivity contribution is 1.18. The van der Waals surface area contributed by atoms with Gasteiger partial charge in [0.25, 0.3) is 0 Å². The summed E-state index contributed by atoms with van der Waals surface area (Å²) < 4.78 is 4.75. The standard InChI is InChI=1S/C50H32N4/c1-2-12-35(13-3-1)50-51-44-18-8-4-17-43(44)49(52-50)34-24-29-38(30-25-34)54-47-21-11-7-16-41(47)42-31-26-36(32-48(42)54)33-22-27-37(28-23-33)53-45-19-9-5-14-39(45)40-15-6-10-20-46(40)53/h1-32H. The Bertz CT molecular complexity index is 3140. The molecule has 3 aromatic heterocycles. The van der Waals surface area contributed by atoms with Crippen LogP contribution in [-0.4, -0.2) is 19.1 Å². The van der Waals surface area contributed by atoms with Crippen molar-refractivity contribution in [3.05, 3.63) is 194 Å². The Morgan fingerprint density at radius 1 is 0.296 bits per heavy atom. The van der Waals surface area contributed by atoms with E-state index in [1.807, 2.05) is 24.3 Å². The fraction of sp³-hybridized carbons (Fsp3) is 0. The number of benzene rings is 8. The Kier molecular flexibility index (Phi) is 6.82. The molecular weight excluding hydrogens is 657 g/mol. The van der Waals surface area contributed by atoms with Crippen LogP contribution in [0.15, 0.2) is 194 Å². The minimum Gasteiger partial charge on any atom is -0.309 e. The van der Waals surface area contributed by atoms with E-state index in [1.165, 1.54) is 54.7 Å². The minimum absolute atomic E-state index is 0.728. The van der Waals surface area contributed by atoms with E-state index < -0.39 is 0 Å². The summed E-state index contributed by atoms with van der Waals surface area (Å²) >= 11 is 0. The van der Waals surface area contributed by atoms with Gasteiger partial charge in [0.05, 0.1) is 33.3 Å². The molecular formula is C50H32N4. The topological polar surface area (TPSA) is 35.6 Å². The lowest BCUT2D eigenvalue weighted by Crippen LogP contribution is -1.97. The molecule has 0 aliphatic heterocycles. The SMILES string of the molecule is c1ccc(-c2nc(-c3ccc(-n4c5ccccc5c5ccc(-c6ccc(-n7c8ccccc8c8ccccc87)cc6)cc54)cc3)c3ccccc3n2)cc1. The molecule has 0 saturated carbocycles. The third-order valence-electron chi connectivity index (χ3n) is 10.7. The summed E-state index contributed by atoms with van der Waals surface area (Å²) in [5.41, 5.74) is 13.3. The molecule has 11 rings (SSSR count). The molecule has 11 aromatic rings. The van der Waals surface area contributed by atoms with E-state index in [0.717, 1.165) is 44.9 Å². The third kappa shape index (κ3) is 4.78. The first-order chi connectivity index (χ1) is 26.8. The fourth-order valence-electron chi connectivity index (χ4n) is 8.21. The average Bonchev–Trinajstić information content (AvgIpc) is 3.76. The van der Waals surface area contributed by atoms with Crippen LogP contribution in [0.2, 0.25) is 0 Å². The molecule has 0 spiro atoms. The first-order valence-electron chi connectivity index (χ1n) is 18.3. The first-order valence-corrected chi connectivity index (χ1v) is 18.3. The summed E-state index contributed by atoms with van der Waals surface area (Å²) in [5.74, 6) is 0.728. The normalized spacial score (nSPS) is 11.7. The van der Waals surface area contributed by atoms with Gasteiger partial charge in [0.1, 0.15) is 0 Å². The lowest BCUT2D eigenvalue weighted by Gasteiger charge is -2.12. The van der Waals surface area contributed by atoms with Gasteiger partial charge in [0.2, 0.25) is 0 Å². The van der Waals surface area contributed by atoms with Crippen LogP contribution in [0.25, 0.3) is 99.7 Å².